The Morgan fingerprint density at radius 3 is 3.10 bits per heavy atom. The summed E-state index contributed by atoms with van der Waals surface area (Å²) in [6.45, 7) is 3.84. The van der Waals surface area contributed by atoms with Crippen LogP contribution in [-0.4, -0.2) is 23.2 Å². The highest BCUT2D eigenvalue weighted by Crippen LogP contribution is 2.28. The molecule has 3 heterocycles. The minimum Gasteiger partial charge on any atom is -0.478 e. The molecule has 6 nitrogen and oxygen atoms in total. The lowest BCUT2D eigenvalue weighted by Gasteiger charge is -2.12. The van der Waals surface area contributed by atoms with Crippen LogP contribution in [0.3, 0.4) is 0 Å². The summed E-state index contributed by atoms with van der Waals surface area (Å²) in [4.78, 5) is 8.96. The Morgan fingerprint density at radius 2 is 2.38 bits per heavy atom. The van der Waals surface area contributed by atoms with Crippen molar-refractivity contribution < 1.29 is 13.9 Å². The number of hydrogen-bond acceptors (Lipinski definition) is 6. The summed E-state index contributed by atoms with van der Waals surface area (Å²) in [7, 11) is 0. The van der Waals surface area contributed by atoms with Crippen molar-refractivity contribution in [3.8, 4) is 5.88 Å². The fourth-order valence-corrected chi connectivity index (χ4v) is 2.27. The fraction of sp³-hybridized carbons (Fsp3) is 0.467. The summed E-state index contributed by atoms with van der Waals surface area (Å²) in [6.07, 6.45) is 3.62. The van der Waals surface area contributed by atoms with Crippen molar-refractivity contribution in [2.45, 2.75) is 32.4 Å². The van der Waals surface area contributed by atoms with Crippen molar-refractivity contribution in [2.24, 2.45) is 0 Å². The van der Waals surface area contributed by atoms with Crippen LogP contribution in [0.1, 0.15) is 37.5 Å². The first-order valence-electron chi connectivity index (χ1n) is 7.25. The molecule has 1 aliphatic rings. The molecule has 0 amide bonds. The van der Waals surface area contributed by atoms with Crippen molar-refractivity contribution in [2.75, 3.05) is 18.5 Å². The average molecular weight is 289 g/mol. The maximum Gasteiger partial charge on any atom is 0.218 e. The van der Waals surface area contributed by atoms with Crippen molar-refractivity contribution >= 4 is 5.82 Å². The van der Waals surface area contributed by atoms with E-state index in [1.54, 1.807) is 12.3 Å². The smallest absolute Gasteiger partial charge is 0.218 e. The Kier molecular flexibility index (Phi) is 4.35. The molecule has 0 radical (unpaired) electrons. The second-order valence-corrected chi connectivity index (χ2v) is 4.82. The molecular formula is C15H19N3O3. The predicted octanol–water partition coefficient (Wildman–Crippen LogP) is 2.93. The summed E-state index contributed by atoms with van der Waals surface area (Å²) < 4.78 is 16.5. The molecule has 0 spiro atoms. The van der Waals surface area contributed by atoms with Gasteiger partial charge in [-0.2, -0.15) is 4.98 Å². The summed E-state index contributed by atoms with van der Waals surface area (Å²) >= 11 is 0. The zero-order chi connectivity index (χ0) is 14.5. The molecule has 1 aliphatic heterocycles. The number of hydrogen-bond donors (Lipinski definition) is 1. The van der Waals surface area contributed by atoms with Crippen molar-refractivity contribution in [3.63, 3.8) is 0 Å². The quantitative estimate of drug-likeness (QED) is 0.881. The van der Waals surface area contributed by atoms with Gasteiger partial charge in [-0.05, 0) is 31.9 Å². The van der Waals surface area contributed by atoms with E-state index in [0.29, 0.717) is 24.9 Å². The van der Waals surface area contributed by atoms with Gasteiger partial charge in [0.2, 0.25) is 5.88 Å². The first-order chi connectivity index (χ1) is 10.3. The molecule has 3 rings (SSSR count). The summed E-state index contributed by atoms with van der Waals surface area (Å²) in [5, 5.41) is 3.23. The van der Waals surface area contributed by atoms with E-state index in [0.717, 1.165) is 31.0 Å². The molecule has 112 valence electrons. The van der Waals surface area contributed by atoms with Gasteiger partial charge in [-0.25, -0.2) is 4.98 Å². The molecule has 1 fully saturated rings. The van der Waals surface area contributed by atoms with Crippen molar-refractivity contribution in [3.05, 3.63) is 36.0 Å². The zero-order valence-electron chi connectivity index (χ0n) is 12.0. The number of furan rings is 1. The van der Waals surface area contributed by atoms with Gasteiger partial charge in [0, 0.05) is 12.7 Å². The van der Waals surface area contributed by atoms with Gasteiger partial charge in [0.25, 0.3) is 0 Å². The Morgan fingerprint density at radius 1 is 1.43 bits per heavy atom. The highest BCUT2D eigenvalue weighted by atomic mass is 16.5. The summed E-state index contributed by atoms with van der Waals surface area (Å²) in [6, 6.07) is 5.57. The van der Waals surface area contributed by atoms with Crippen LogP contribution in [0.25, 0.3) is 0 Å². The molecule has 2 aromatic rings. The third kappa shape index (κ3) is 3.52. The minimum absolute atomic E-state index is 0.0328. The van der Waals surface area contributed by atoms with Gasteiger partial charge >= 0.3 is 0 Å². The van der Waals surface area contributed by atoms with E-state index in [2.05, 4.69) is 15.3 Å². The van der Waals surface area contributed by atoms with Crippen LogP contribution < -0.4 is 10.1 Å². The van der Waals surface area contributed by atoms with E-state index < -0.39 is 0 Å². The zero-order valence-corrected chi connectivity index (χ0v) is 12.0. The summed E-state index contributed by atoms with van der Waals surface area (Å²) in [5.74, 6) is 2.82. The predicted molar refractivity (Wildman–Crippen MR) is 77.2 cm³/mol. The topological polar surface area (TPSA) is 69.4 Å². The fourth-order valence-electron chi connectivity index (χ4n) is 2.27. The molecule has 21 heavy (non-hydrogen) atoms. The highest BCUT2D eigenvalue weighted by molar-refractivity contribution is 5.39. The van der Waals surface area contributed by atoms with E-state index in [4.69, 9.17) is 13.9 Å². The molecule has 1 atom stereocenters. The molecule has 1 N–H and O–H groups in total. The summed E-state index contributed by atoms with van der Waals surface area (Å²) in [5.41, 5.74) is 0. The number of nitrogens with one attached hydrogen (secondary N) is 1. The van der Waals surface area contributed by atoms with Crippen LogP contribution >= 0.6 is 0 Å². The normalized spacial score (nSPS) is 17.9. The number of anilines is 1. The highest BCUT2D eigenvalue weighted by Gasteiger charge is 2.22. The van der Waals surface area contributed by atoms with E-state index in [1.807, 2.05) is 19.1 Å². The molecule has 0 saturated carbocycles. The Hall–Kier alpha value is -2.08. The Bertz CT molecular complexity index is 566. The maximum absolute atomic E-state index is 5.65. The van der Waals surface area contributed by atoms with Gasteiger partial charge in [-0.3, -0.25) is 0 Å². The maximum atomic E-state index is 5.65. The van der Waals surface area contributed by atoms with Crippen LogP contribution in [0.4, 0.5) is 5.82 Å². The van der Waals surface area contributed by atoms with Gasteiger partial charge in [0.15, 0.2) is 5.82 Å². The van der Waals surface area contributed by atoms with Gasteiger partial charge in [0.1, 0.15) is 17.7 Å². The second kappa shape index (κ2) is 6.58. The van der Waals surface area contributed by atoms with E-state index in [-0.39, 0.29) is 6.10 Å². The molecule has 6 heteroatoms. The van der Waals surface area contributed by atoms with E-state index in [1.165, 1.54) is 0 Å². The number of nitrogens with zero attached hydrogens (tertiary/aromatic N) is 2. The Labute approximate surface area is 123 Å². The van der Waals surface area contributed by atoms with Crippen LogP contribution in [0.5, 0.6) is 5.88 Å². The lowest BCUT2D eigenvalue weighted by molar-refractivity contribution is 0.104. The second-order valence-electron chi connectivity index (χ2n) is 4.82. The molecule has 1 unspecified atom stereocenters. The van der Waals surface area contributed by atoms with E-state index >= 15 is 0 Å². The SMILES string of the molecule is CCOc1cc(NCc2ccco2)nc(C2CCCO2)n1. The molecule has 0 aliphatic carbocycles. The minimum atomic E-state index is -0.0328. The molecular weight excluding hydrogens is 270 g/mol. The van der Waals surface area contributed by atoms with Gasteiger partial charge in [0.05, 0.1) is 19.4 Å². The van der Waals surface area contributed by atoms with Crippen LogP contribution in [0, 0.1) is 0 Å². The lowest BCUT2D eigenvalue weighted by Crippen LogP contribution is -2.09. The molecule has 0 aromatic carbocycles. The molecule has 0 bridgehead atoms. The molecule has 2 aromatic heterocycles. The van der Waals surface area contributed by atoms with Crippen molar-refractivity contribution in [1.29, 1.82) is 0 Å². The monoisotopic (exact) mass is 289 g/mol. The number of rotatable bonds is 6. The van der Waals surface area contributed by atoms with E-state index in [9.17, 15) is 0 Å². The third-order valence-corrected chi connectivity index (χ3v) is 3.25. The number of ether oxygens (including phenoxy) is 2. The lowest BCUT2D eigenvalue weighted by atomic mass is 10.2. The third-order valence-electron chi connectivity index (χ3n) is 3.25. The standard InChI is InChI=1S/C15H19N3O3/c1-2-19-14-9-13(16-10-11-5-3-7-20-11)17-15(18-14)12-6-4-8-21-12/h3,5,7,9,12H,2,4,6,8,10H2,1H3,(H,16,17,18). The first kappa shape index (κ1) is 13.9. The van der Waals surface area contributed by atoms with Crippen LogP contribution in [0.15, 0.2) is 28.9 Å². The van der Waals surface area contributed by atoms with Crippen LogP contribution in [0.2, 0.25) is 0 Å². The average Bonchev–Trinajstić information content (AvgIpc) is 3.19. The van der Waals surface area contributed by atoms with Gasteiger partial charge in [-0.1, -0.05) is 0 Å². The van der Waals surface area contributed by atoms with Gasteiger partial charge in [-0.15, -0.1) is 0 Å². The first-order valence-corrected chi connectivity index (χ1v) is 7.25. The molecule has 1 saturated heterocycles. The number of aromatic nitrogens is 2. The van der Waals surface area contributed by atoms with Crippen molar-refractivity contribution in [1.82, 2.24) is 9.97 Å². The van der Waals surface area contributed by atoms with Crippen LogP contribution in [-0.2, 0) is 11.3 Å². The van der Waals surface area contributed by atoms with Gasteiger partial charge < -0.3 is 19.2 Å². The largest absolute Gasteiger partial charge is 0.478 e. The Balaban J connectivity index is 1.77.